The molecule has 1 aliphatic carbocycles. The number of nitrogens with zero attached hydrogens (tertiary/aromatic N) is 3. The molecule has 2 unspecified atom stereocenters. The Morgan fingerprint density at radius 2 is 1.91 bits per heavy atom. The summed E-state index contributed by atoms with van der Waals surface area (Å²) in [4.78, 5) is 36.1. The number of hydrogen-bond donors (Lipinski definition) is 0. The van der Waals surface area contributed by atoms with Gasteiger partial charge in [-0.15, -0.1) is 0 Å². The maximum atomic E-state index is 13.3. The third-order valence-electron chi connectivity index (χ3n) is 6.70. The average Bonchev–Trinajstić information content (AvgIpc) is 3.37. The second-order valence-electron chi connectivity index (χ2n) is 9.05. The van der Waals surface area contributed by atoms with Crippen LogP contribution in [0.25, 0.3) is 5.57 Å². The number of pyridine rings is 2. The highest BCUT2D eigenvalue weighted by atomic mass is 19.4. The molecule has 3 heterocycles. The van der Waals surface area contributed by atoms with Crippen molar-refractivity contribution in [2.45, 2.75) is 51.6 Å². The van der Waals surface area contributed by atoms with E-state index in [9.17, 15) is 22.8 Å². The van der Waals surface area contributed by atoms with Crippen molar-refractivity contribution in [2.24, 2.45) is 11.8 Å². The van der Waals surface area contributed by atoms with Gasteiger partial charge in [-0.2, -0.15) is 13.2 Å². The first kappa shape index (κ1) is 24.1. The molecular formula is C26H28F3N3O2. The molecule has 5 nitrogen and oxygen atoms in total. The summed E-state index contributed by atoms with van der Waals surface area (Å²) < 4.78 is 40.0. The lowest BCUT2D eigenvalue weighted by atomic mass is 9.78. The number of carbonyl (C=O) groups is 2. The molecular weight excluding hydrogens is 443 g/mol. The molecule has 180 valence electrons. The van der Waals surface area contributed by atoms with Crippen LogP contribution in [0.1, 0.15) is 56.0 Å². The van der Waals surface area contributed by atoms with Crippen molar-refractivity contribution in [3.63, 3.8) is 0 Å². The van der Waals surface area contributed by atoms with E-state index in [4.69, 9.17) is 0 Å². The van der Waals surface area contributed by atoms with Gasteiger partial charge in [-0.1, -0.05) is 18.2 Å². The summed E-state index contributed by atoms with van der Waals surface area (Å²) in [5, 5.41) is 0. The number of hydrogen-bond acceptors (Lipinski definition) is 5. The van der Waals surface area contributed by atoms with E-state index >= 15 is 0 Å². The topological polar surface area (TPSA) is 63.2 Å². The van der Waals surface area contributed by atoms with Gasteiger partial charge in [0.15, 0.2) is 5.69 Å². The van der Waals surface area contributed by atoms with Crippen LogP contribution in [0.5, 0.6) is 0 Å². The molecule has 0 spiro atoms. The lowest BCUT2D eigenvalue weighted by Gasteiger charge is -2.25. The Morgan fingerprint density at radius 1 is 1.15 bits per heavy atom. The Kier molecular flexibility index (Phi) is 7.14. The number of carbonyl (C=O) groups excluding carboxylic acids is 2. The van der Waals surface area contributed by atoms with Crippen LogP contribution in [0, 0.1) is 11.8 Å². The lowest BCUT2D eigenvalue weighted by Crippen LogP contribution is -2.31. The first-order chi connectivity index (χ1) is 16.2. The third kappa shape index (κ3) is 5.37. The Morgan fingerprint density at radius 3 is 2.56 bits per heavy atom. The molecule has 34 heavy (non-hydrogen) atoms. The van der Waals surface area contributed by atoms with E-state index in [0.717, 1.165) is 37.9 Å². The van der Waals surface area contributed by atoms with Crippen LogP contribution in [-0.2, 0) is 22.2 Å². The molecule has 0 bridgehead atoms. The molecule has 2 aromatic heterocycles. The van der Waals surface area contributed by atoms with Gasteiger partial charge in [0.05, 0.1) is 5.92 Å². The molecule has 0 amide bonds. The first-order valence-corrected chi connectivity index (χ1v) is 11.7. The van der Waals surface area contributed by atoms with Gasteiger partial charge < -0.3 is 4.90 Å². The summed E-state index contributed by atoms with van der Waals surface area (Å²) in [5.41, 5.74) is 0.405. The van der Waals surface area contributed by atoms with E-state index in [2.05, 4.69) is 14.9 Å². The second-order valence-corrected chi connectivity index (χ2v) is 9.05. The van der Waals surface area contributed by atoms with Crippen molar-refractivity contribution in [2.75, 3.05) is 18.0 Å². The van der Waals surface area contributed by atoms with E-state index in [1.807, 2.05) is 18.2 Å². The van der Waals surface area contributed by atoms with E-state index in [0.29, 0.717) is 30.5 Å². The maximum absolute atomic E-state index is 13.3. The zero-order valence-corrected chi connectivity index (χ0v) is 19.1. The smallest absolute Gasteiger partial charge is 0.357 e. The summed E-state index contributed by atoms with van der Waals surface area (Å²) >= 11 is 0. The van der Waals surface area contributed by atoms with Gasteiger partial charge in [-0.3, -0.25) is 14.6 Å². The molecule has 0 saturated carbocycles. The minimum absolute atomic E-state index is 0.0620. The van der Waals surface area contributed by atoms with Crippen LogP contribution in [0.2, 0.25) is 0 Å². The molecule has 0 radical (unpaired) electrons. The van der Waals surface area contributed by atoms with Crippen molar-refractivity contribution < 1.29 is 22.8 Å². The number of allylic oxidation sites excluding steroid dienone is 2. The molecule has 2 aliphatic rings. The highest BCUT2D eigenvalue weighted by Crippen LogP contribution is 2.38. The van der Waals surface area contributed by atoms with Gasteiger partial charge in [0.2, 0.25) is 0 Å². The number of halogens is 3. The Hall–Kier alpha value is -3.03. The fourth-order valence-corrected chi connectivity index (χ4v) is 4.87. The number of anilines is 1. The van der Waals surface area contributed by atoms with Gasteiger partial charge in [0, 0.05) is 42.9 Å². The van der Waals surface area contributed by atoms with Crippen LogP contribution < -0.4 is 4.90 Å². The first-order valence-electron chi connectivity index (χ1n) is 11.7. The van der Waals surface area contributed by atoms with Crippen molar-refractivity contribution in [3.8, 4) is 0 Å². The third-order valence-corrected chi connectivity index (χ3v) is 6.70. The fourth-order valence-electron chi connectivity index (χ4n) is 4.87. The number of alkyl halides is 3. The lowest BCUT2D eigenvalue weighted by molar-refractivity contribution is -0.141. The van der Waals surface area contributed by atoms with Crippen LogP contribution in [0.4, 0.5) is 19.0 Å². The molecule has 2 aromatic rings. The van der Waals surface area contributed by atoms with Crippen LogP contribution in [0.15, 0.2) is 42.6 Å². The van der Waals surface area contributed by atoms with Crippen LogP contribution in [0.3, 0.4) is 0 Å². The van der Waals surface area contributed by atoms with Crippen molar-refractivity contribution in [1.82, 2.24) is 9.97 Å². The second kappa shape index (κ2) is 10.1. The van der Waals surface area contributed by atoms with Gasteiger partial charge in [0.1, 0.15) is 17.4 Å². The van der Waals surface area contributed by atoms with Crippen molar-refractivity contribution in [3.05, 3.63) is 59.6 Å². The average molecular weight is 472 g/mol. The molecule has 0 N–H and O–H groups in total. The predicted octanol–water partition coefficient (Wildman–Crippen LogP) is 5.30. The van der Waals surface area contributed by atoms with Crippen molar-refractivity contribution >= 4 is 23.0 Å². The summed E-state index contributed by atoms with van der Waals surface area (Å²) in [6.07, 6.45) is 1.83. The highest BCUT2D eigenvalue weighted by Gasteiger charge is 2.37. The molecule has 0 aromatic carbocycles. The molecule has 1 saturated heterocycles. The molecule has 1 fully saturated rings. The zero-order chi connectivity index (χ0) is 24.3. The molecule has 8 heteroatoms. The molecule has 4 rings (SSSR count). The SMILES string of the molecule is CC(=O)C(Cc1cccc(N2CCCC2)n1)C(=O)C1CC=C(c2cccnc2C(F)(F)F)CC1. The quantitative estimate of drug-likeness (QED) is 0.513. The van der Waals surface area contributed by atoms with Crippen LogP contribution >= 0.6 is 0 Å². The molecule has 1 aliphatic heterocycles. The Balaban J connectivity index is 1.47. The van der Waals surface area contributed by atoms with Gasteiger partial charge in [0.25, 0.3) is 0 Å². The normalized spacial score (nSPS) is 19.6. The van der Waals surface area contributed by atoms with Gasteiger partial charge in [-0.05, 0) is 62.8 Å². The Labute approximate surface area is 197 Å². The maximum Gasteiger partial charge on any atom is 0.433 e. The van der Waals surface area contributed by atoms with E-state index in [-0.39, 0.29) is 23.6 Å². The largest absolute Gasteiger partial charge is 0.433 e. The van der Waals surface area contributed by atoms with E-state index in [1.54, 1.807) is 6.08 Å². The van der Waals surface area contributed by atoms with Gasteiger partial charge >= 0.3 is 6.18 Å². The number of Topliss-reactive ketones (excluding diaryl/α,β-unsaturated/α-hetero) is 2. The van der Waals surface area contributed by atoms with Crippen molar-refractivity contribution in [1.29, 1.82) is 0 Å². The number of aromatic nitrogens is 2. The standard InChI is InChI=1S/C26H28F3N3O2/c1-17(33)22(16-20-6-4-8-23(31-20)32-14-2-3-15-32)24(34)19-11-9-18(10-12-19)21-7-5-13-30-25(21)26(27,28)29/h4-9,13,19,22H,2-3,10-12,14-16H2,1H3. The van der Waals surface area contributed by atoms with E-state index < -0.39 is 23.7 Å². The highest BCUT2D eigenvalue weighted by molar-refractivity contribution is 6.02. The summed E-state index contributed by atoms with van der Waals surface area (Å²) in [6, 6.07) is 8.58. The number of rotatable bonds is 7. The van der Waals surface area contributed by atoms with Gasteiger partial charge in [-0.25, -0.2) is 4.98 Å². The predicted molar refractivity (Wildman–Crippen MR) is 123 cm³/mol. The fraction of sp³-hybridized carbons (Fsp3) is 0.462. The minimum Gasteiger partial charge on any atom is -0.357 e. The summed E-state index contributed by atoms with van der Waals surface area (Å²) in [7, 11) is 0. The summed E-state index contributed by atoms with van der Waals surface area (Å²) in [5.74, 6) is -0.694. The summed E-state index contributed by atoms with van der Waals surface area (Å²) in [6.45, 7) is 3.33. The van der Waals surface area contributed by atoms with Crippen LogP contribution in [-0.4, -0.2) is 34.6 Å². The monoisotopic (exact) mass is 471 g/mol. The van der Waals surface area contributed by atoms with E-state index in [1.165, 1.54) is 19.1 Å². The zero-order valence-electron chi connectivity index (χ0n) is 19.1. The minimum atomic E-state index is -4.54. The Bertz CT molecular complexity index is 1090. The molecule has 2 atom stereocenters. The number of ketones is 2.